The molecule has 0 unspecified atom stereocenters. The van der Waals surface area contributed by atoms with Crippen molar-refractivity contribution in [2.75, 3.05) is 17.9 Å². The topological polar surface area (TPSA) is 99.2 Å². The van der Waals surface area contributed by atoms with Gasteiger partial charge in [0.05, 0.1) is 16.8 Å². The molecule has 2 rings (SSSR count). The van der Waals surface area contributed by atoms with Gasteiger partial charge in [-0.05, 0) is 24.3 Å². The SMILES string of the molecule is Cn1cc(NS(=O)(=O)c2ccc(OCCN)cc2)cn1. The third-order valence-corrected chi connectivity index (χ3v) is 3.87. The summed E-state index contributed by atoms with van der Waals surface area (Å²) in [4.78, 5) is 0.154. The molecule has 0 spiro atoms. The van der Waals surface area contributed by atoms with Gasteiger partial charge in [0.25, 0.3) is 10.0 Å². The first-order chi connectivity index (χ1) is 9.51. The summed E-state index contributed by atoms with van der Waals surface area (Å²) in [5.74, 6) is 0.579. The van der Waals surface area contributed by atoms with Gasteiger partial charge in [0, 0.05) is 19.8 Å². The average Bonchev–Trinajstić information content (AvgIpc) is 2.81. The fraction of sp³-hybridized carbons (Fsp3) is 0.250. The lowest BCUT2D eigenvalue weighted by atomic mass is 10.3. The van der Waals surface area contributed by atoms with Crippen LogP contribution in [0.25, 0.3) is 0 Å². The van der Waals surface area contributed by atoms with Crippen LogP contribution in [0, 0.1) is 0 Å². The number of aryl methyl sites for hydroxylation is 1. The standard InChI is InChI=1S/C12H16N4O3S/c1-16-9-10(8-14-16)15-20(17,18)12-4-2-11(3-5-12)19-7-6-13/h2-5,8-9,15H,6-7,13H2,1H3. The van der Waals surface area contributed by atoms with Crippen molar-refractivity contribution in [3.8, 4) is 5.75 Å². The molecule has 3 N–H and O–H groups in total. The Morgan fingerprint density at radius 2 is 2.05 bits per heavy atom. The summed E-state index contributed by atoms with van der Waals surface area (Å²) in [6.07, 6.45) is 3.02. The first kappa shape index (κ1) is 14.4. The number of hydrogen-bond acceptors (Lipinski definition) is 5. The number of nitrogens with two attached hydrogens (primary N) is 1. The minimum absolute atomic E-state index is 0.154. The largest absolute Gasteiger partial charge is 0.492 e. The van der Waals surface area contributed by atoms with E-state index in [0.717, 1.165) is 0 Å². The molecule has 0 bridgehead atoms. The molecule has 20 heavy (non-hydrogen) atoms. The third-order valence-electron chi connectivity index (χ3n) is 2.48. The maximum absolute atomic E-state index is 12.1. The molecule has 8 heteroatoms. The Balaban J connectivity index is 2.13. The molecule has 0 aliphatic carbocycles. The lowest BCUT2D eigenvalue weighted by Crippen LogP contribution is -2.13. The van der Waals surface area contributed by atoms with Gasteiger partial charge in [0.15, 0.2) is 0 Å². The van der Waals surface area contributed by atoms with Gasteiger partial charge in [-0.25, -0.2) is 8.42 Å². The molecule has 7 nitrogen and oxygen atoms in total. The van der Waals surface area contributed by atoms with E-state index in [9.17, 15) is 8.42 Å². The molecule has 0 aliphatic rings. The second-order valence-corrected chi connectivity index (χ2v) is 5.80. The number of nitrogens with one attached hydrogen (secondary N) is 1. The van der Waals surface area contributed by atoms with Crippen LogP contribution in [0.15, 0.2) is 41.6 Å². The molecule has 0 atom stereocenters. The summed E-state index contributed by atoms with van der Waals surface area (Å²) in [7, 11) is -1.91. The van der Waals surface area contributed by atoms with Crippen molar-refractivity contribution in [3.63, 3.8) is 0 Å². The lowest BCUT2D eigenvalue weighted by Gasteiger charge is -2.07. The van der Waals surface area contributed by atoms with Crippen molar-refractivity contribution in [2.45, 2.75) is 4.90 Å². The highest BCUT2D eigenvalue weighted by Gasteiger charge is 2.14. The molecule has 2 aromatic rings. The first-order valence-corrected chi connectivity index (χ1v) is 7.44. The van der Waals surface area contributed by atoms with Crippen LogP contribution in [0.2, 0.25) is 0 Å². The van der Waals surface area contributed by atoms with E-state index in [4.69, 9.17) is 10.5 Å². The minimum atomic E-state index is -3.62. The molecule has 0 radical (unpaired) electrons. The predicted molar refractivity (Wildman–Crippen MR) is 75.0 cm³/mol. The van der Waals surface area contributed by atoms with E-state index < -0.39 is 10.0 Å². The molecule has 1 aromatic heterocycles. The van der Waals surface area contributed by atoms with Crippen molar-refractivity contribution >= 4 is 15.7 Å². The summed E-state index contributed by atoms with van der Waals surface area (Å²) in [6.45, 7) is 0.794. The summed E-state index contributed by atoms with van der Waals surface area (Å²) in [5, 5.41) is 3.90. The third kappa shape index (κ3) is 3.49. The Morgan fingerprint density at radius 3 is 2.60 bits per heavy atom. The molecule has 0 amide bonds. The minimum Gasteiger partial charge on any atom is -0.492 e. The van der Waals surface area contributed by atoms with Crippen LogP contribution >= 0.6 is 0 Å². The molecule has 0 saturated heterocycles. The van der Waals surface area contributed by atoms with Crippen LogP contribution in [-0.4, -0.2) is 31.3 Å². The number of benzene rings is 1. The van der Waals surface area contributed by atoms with E-state index >= 15 is 0 Å². The molecule has 0 saturated carbocycles. The zero-order valence-electron chi connectivity index (χ0n) is 11.0. The second kappa shape index (κ2) is 5.93. The Kier molecular flexibility index (Phi) is 4.26. The van der Waals surface area contributed by atoms with E-state index in [1.54, 1.807) is 25.4 Å². The van der Waals surface area contributed by atoms with Crippen molar-refractivity contribution in [2.24, 2.45) is 12.8 Å². The van der Waals surface area contributed by atoms with Crippen molar-refractivity contribution in [1.82, 2.24) is 9.78 Å². The first-order valence-electron chi connectivity index (χ1n) is 5.95. The van der Waals surface area contributed by atoms with Crippen LogP contribution in [0.5, 0.6) is 5.75 Å². The molecule has 1 aromatic carbocycles. The lowest BCUT2D eigenvalue weighted by molar-refractivity contribution is 0.328. The van der Waals surface area contributed by atoms with E-state index in [0.29, 0.717) is 24.6 Å². The number of sulfonamides is 1. The summed E-state index contributed by atoms with van der Waals surface area (Å²) >= 11 is 0. The van der Waals surface area contributed by atoms with E-state index in [2.05, 4.69) is 9.82 Å². The highest BCUT2D eigenvalue weighted by Crippen LogP contribution is 2.18. The van der Waals surface area contributed by atoms with Gasteiger partial charge in [-0.1, -0.05) is 0 Å². The molecule has 0 aliphatic heterocycles. The predicted octanol–water partition coefficient (Wildman–Crippen LogP) is 0.558. The fourth-order valence-corrected chi connectivity index (χ4v) is 2.61. The maximum Gasteiger partial charge on any atom is 0.261 e. The molecular formula is C12H16N4O3S. The molecule has 1 heterocycles. The number of hydrogen-bond donors (Lipinski definition) is 2. The second-order valence-electron chi connectivity index (χ2n) is 4.12. The highest BCUT2D eigenvalue weighted by atomic mass is 32.2. The quantitative estimate of drug-likeness (QED) is 0.811. The van der Waals surface area contributed by atoms with Crippen LogP contribution < -0.4 is 15.2 Å². The molecule has 0 fully saturated rings. The molecule has 108 valence electrons. The number of anilines is 1. The van der Waals surface area contributed by atoms with Gasteiger partial charge in [0.1, 0.15) is 12.4 Å². The van der Waals surface area contributed by atoms with Gasteiger partial charge in [-0.15, -0.1) is 0 Å². The average molecular weight is 296 g/mol. The van der Waals surface area contributed by atoms with Gasteiger partial charge in [-0.2, -0.15) is 5.10 Å². The smallest absolute Gasteiger partial charge is 0.261 e. The number of nitrogens with zero attached hydrogens (tertiary/aromatic N) is 2. The highest BCUT2D eigenvalue weighted by molar-refractivity contribution is 7.92. The van der Waals surface area contributed by atoms with Gasteiger partial charge in [0.2, 0.25) is 0 Å². The monoisotopic (exact) mass is 296 g/mol. The molecular weight excluding hydrogens is 280 g/mol. The Labute approximate surface area is 117 Å². The summed E-state index contributed by atoms with van der Waals surface area (Å²) < 4.78 is 33.5. The summed E-state index contributed by atoms with van der Waals surface area (Å²) in [5.41, 5.74) is 5.74. The normalized spacial score (nSPS) is 11.3. The zero-order chi connectivity index (χ0) is 14.6. The van der Waals surface area contributed by atoms with Crippen molar-refractivity contribution < 1.29 is 13.2 Å². The fourth-order valence-electron chi connectivity index (χ4n) is 1.58. The van der Waals surface area contributed by atoms with Crippen molar-refractivity contribution in [1.29, 1.82) is 0 Å². The number of aromatic nitrogens is 2. The zero-order valence-corrected chi connectivity index (χ0v) is 11.8. The van der Waals surface area contributed by atoms with Crippen molar-refractivity contribution in [3.05, 3.63) is 36.7 Å². The van der Waals surface area contributed by atoms with Gasteiger partial charge < -0.3 is 10.5 Å². The van der Waals surface area contributed by atoms with E-state index in [1.807, 2.05) is 0 Å². The number of ether oxygens (including phenoxy) is 1. The van der Waals surface area contributed by atoms with Crippen LogP contribution in [0.3, 0.4) is 0 Å². The Bertz CT molecular complexity index is 664. The van der Waals surface area contributed by atoms with E-state index in [1.165, 1.54) is 23.0 Å². The summed E-state index contributed by atoms with van der Waals surface area (Å²) in [6, 6.07) is 6.13. The maximum atomic E-state index is 12.1. The Hall–Kier alpha value is -2.06. The number of rotatable bonds is 6. The Morgan fingerprint density at radius 1 is 1.35 bits per heavy atom. The van der Waals surface area contributed by atoms with Crippen LogP contribution in [0.4, 0.5) is 5.69 Å². The van der Waals surface area contributed by atoms with E-state index in [-0.39, 0.29) is 4.90 Å². The van der Waals surface area contributed by atoms with Gasteiger partial charge in [-0.3, -0.25) is 9.40 Å². The van der Waals surface area contributed by atoms with Crippen LogP contribution in [-0.2, 0) is 17.1 Å². The van der Waals surface area contributed by atoms with Gasteiger partial charge >= 0.3 is 0 Å². The van der Waals surface area contributed by atoms with Crippen LogP contribution in [0.1, 0.15) is 0 Å².